The van der Waals surface area contributed by atoms with Gasteiger partial charge in [-0.1, -0.05) is 41.4 Å². The van der Waals surface area contributed by atoms with E-state index in [0.29, 0.717) is 10.8 Å². The molecule has 0 unspecified atom stereocenters. The van der Waals surface area contributed by atoms with E-state index in [4.69, 9.17) is 27.9 Å². The van der Waals surface area contributed by atoms with Crippen molar-refractivity contribution in [1.29, 1.82) is 0 Å². The monoisotopic (exact) mass is 585 g/mol. The summed E-state index contributed by atoms with van der Waals surface area (Å²) in [7, 11) is -4.79. The number of nitrogens with zero attached hydrogens (tertiary/aromatic N) is 2. The van der Waals surface area contributed by atoms with Gasteiger partial charge >= 0.3 is 0 Å². The first-order chi connectivity index (χ1) is 17.4. The summed E-state index contributed by atoms with van der Waals surface area (Å²) >= 11 is 12.2. The Morgan fingerprint density at radius 2 is 1.49 bits per heavy atom. The highest BCUT2D eigenvalue weighted by molar-refractivity contribution is 7.93. The number of carbonyl (C=O) groups excluding carboxylic acids is 1. The van der Waals surface area contributed by atoms with Gasteiger partial charge in [0.05, 0.1) is 27.0 Å². The van der Waals surface area contributed by atoms with E-state index in [1.165, 1.54) is 68.7 Å². The minimum atomic E-state index is -4.12. The van der Waals surface area contributed by atoms with Crippen molar-refractivity contribution in [2.45, 2.75) is 9.79 Å². The van der Waals surface area contributed by atoms with Crippen LogP contribution in [0.5, 0.6) is 5.75 Å². The van der Waals surface area contributed by atoms with Crippen LogP contribution in [-0.2, 0) is 24.8 Å². The van der Waals surface area contributed by atoms with Crippen LogP contribution in [0.25, 0.3) is 0 Å². The number of hydrogen-bond donors (Lipinski definition) is 1. The standard InChI is InChI=1S/C24H25Cl2N3O6S2/c1-28(2)36(31,32)21-11-9-19(10-12-21)35-15-14-27-24(30)17-29(23-13-8-18(25)16-22(23)26)37(33,34)20-6-4-3-5-7-20/h3-13,16H,14-15,17H2,1-2H3,(H,27,30). The van der Waals surface area contributed by atoms with Crippen LogP contribution in [0.1, 0.15) is 0 Å². The Kier molecular flexibility index (Phi) is 9.43. The van der Waals surface area contributed by atoms with Crippen LogP contribution in [0, 0.1) is 0 Å². The molecule has 0 aliphatic carbocycles. The van der Waals surface area contributed by atoms with E-state index in [0.717, 1.165) is 8.61 Å². The van der Waals surface area contributed by atoms with Crippen LogP contribution in [-0.4, -0.2) is 60.8 Å². The molecule has 0 atom stereocenters. The number of ether oxygens (including phenoxy) is 1. The highest BCUT2D eigenvalue weighted by atomic mass is 35.5. The summed E-state index contributed by atoms with van der Waals surface area (Å²) < 4.78 is 58.6. The van der Waals surface area contributed by atoms with Gasteiger partial charge in [0.2, 0.25) is 15.9 Å². The molecule has 0 fully saturated rings. The maximum absolute atomic E-state index is 13.3. The van der Waals surface area contributed by atoms with Crippen LogP contribution in [0.15, 0.2) is 82.6 Å². The Balaban J connectivity index is 1.66. The second-order valence-corrected chi connectivity index (χ2v) is 12.7. The lowest BCUT2D eigenvalue weighted by Gasteiger charge is -2.25. The zero-order chi connectivity index (χ0) is 27.2. The fourth-order valence-corrected chi connectivity index (χ4v) is 6.09. The van der Waals surface area contributed by atoms with Gasteiger partial charge < -0.3 is 10.1 Å². The minimum Gasteiger partial charge on any atom is -0.492 e. The maximum atomic E-state index is 13.3. The van der Waals surface area contributed by atoms with Crippen molar-refractivity contribution in [2.24, 2.45) is 0 Å². The number of carbonyl (C=O) groups is 1. The lowest BCUT2D eigenvalue weighted by Crippen LogP contribution is -2.42. The lowest BCUT2D eigenvalue weighted by atomic mass is 10.3. The summed E-state index contributed by atoms with van der Waals surface area (Å²) in [4.78, 5) is 12.8. The highest BCUT2D eigenvalue weighted by Crippen LogP contribution is 2.32. The zero-order valence-electron chi connectivity index (χ0n) is 20.0. The van der Waals surface area contributed by atoms with Crippen LogP contribution in [0.2, 0.25) is 10.0 Å². The normalized spacial score (nSPS) is 11.8. The van der Waals surface area contributed by atoms with Gasteiger partial charge in [-0.15, -0.1) is 0 Å². The zero-order valence-corrected chi connectivity index (χ0v) is 23.1. The van der Waals surface area contributed by atoms with Crippen LogP contribution < -0.4 is 14.4 Å². The van der Waals surface area contributed by atoms with Crippen LogP contribution >= 0.6 is 23.2 Å². The molecule has 0 bridgehead atoms. The van der Waals surface area contributed by atoms with E-state index in [9.17, 15) is 21.6 Å². The Bertz CT molecular complexity index is 1450. The second kappa shape index (κ2) is 12.1. The molecule has 1 N–H and O–H groups in total. The van der Waals surface area contributed by atoms with Gasteiger partial charge in [-0.25, -0.2) is 21.1 Å². The van der Waals surface area contributed by atoms with Crippen molar-refractivity contribution in [3.8, 4) is 5.75 Å². The van der Waals surface area contributed by atoms with Gasteiger partial charge in [-0.2, -0.15) is 0 Å². The highest BCUT2D eigenvalue weighted by Gasteiger charge is 2.28. The van der Waals surface area contributed by atoms with Gasteiger partial charge in [0.15, 0.2) is 0 Å². The topological polar surface area (TPSA) is 113 Å². The number of sulfonamides is 2. The third-order valence-corrected chi connectivity index (χ3v) is 9.23. The van der Waals surface area contributed by atoms with E-state index < -0.39 is 32.5 Å². The van der Waals surface area contributed by atoms with Crippen LogP contribution in [0.3, 0.4) is 0 Å². The summed E-state index contributed by atoms with van der Waals surface area (Å²) in [5.41, 5.74) is 0.106. The van der Waals surface area contributed by atoms with Crippen molar-refractivity contribution in [1.82, 2.24) is 9.62 Å². The molecule has 0 saturated heterocycles. The molecule has 3 aromatic carbocycles. The van der Waals surface area contributed by atoms with E-state index in [-0.39, 0.29) is 33.7 Å². The van der Waals surface area contributed by atoms with E-state index >= 15 is 0 Å². The number of benzene rings is 3. The molecule has 198 valence electrons. The molecule has 0 aliphatic rings. The molecule has 0 spiro atoms. The van der Waals surface area contributed by atoms with Gasteiger partial charge in [-0.05, 0) is 54.6 Å². The van der Waals surface area contributed by atoms with Crippen molar-refractivity contribution in [3.63, 3.8) is 0 Å². The average molecular weight is 587 g/mol. The molecule has 13 heteroatoms. The Morgan fingerprint density at radius 1 is 0.865 bits per heavy atom. The molecule has 0 radical (unpaired) electrons. The first-order valence-electron chi connectivity index (χ1n) is 10.9. The Labute approximate surface area is 226 Å². The third-order valence-electron chi connectivity index (χ3n) is 5.09. The molecule has 3 aromatic rings. The molecule has 0 aliphatic heterocycles. The summed E-state index contributed by atoms with van der Waals surface area (Å²) in [6.45, 7) is -0.390. The lowest BCUT2D eigenvalue weighted by molar-refractivity contribution is -0.119. The third kappa shape index (κ3) is 7.14. The molecule has 3 rings (SSSR count). The Hall–Kier alpha value is -2.83. The van der Waals surface area contributed by atoms with Gasteiger partial charge in [-0.3, -0.25) is 9.10 Å². The minimum absolute atomic E-state index is 0.00289. The molecule has 0 saturated carbocycles. The number of rotatable bonds is 11. The molecule has 0 heterocycles. The summed E-state index contributed by atoms with van der Waals surface area (Å²) in [5, 5.41) is 3.01. The van der Waals surface area contributed by atoms with E-state index in [2.05, 4.69) is 5.32 Å². The van der Waals surface area contributed by atoms with E-state index in [1.807, 2.05) is 0 Å². The number of hydrogen-bond acceptors (Lipinski definition) is 6. The van der Waals surface area contributed by atoms with Crippen molar-refractivity contribution >= 4 is 54.8 Å². The predicted octanol–water partition coefficient (Wildman–Crippen LogP) is 3.63. The second-order valence-electron chi connectivity index (χ2n) is 7.88. The summed E-state index contributed by atoms with van der Waals surface area (Å²) in [6, 6.07) is 17.9. The van der Waals surface area contributed by atoms with E-state index in [1.54, 1.807) is 18.2 Å². The Morgan fingerprint density at radius 3 is 2.08 bits per heavy atom. The average Bonchev–Trinajstić information content (AvgIpc) is 2.86. The summed E-state index contributed by atoms with van der Waals surface area (Å²) in [5.74, 6) is -0.172. The van der Waals surface area contributed by atoms with Gasteiger partial charge in [0, 0.05) is 19.1 Å². The van der Waals surface area contributed by atoms with Crippen molar-refractivity contribution in [2.75, 3.05) is 38.1 Å². The number of nitrogens with one attached hydrogen (secondary N) is 1. The molecule has 37 heavy (non-hydrogen) atoms. The largest absolute Gasteiger partial charge is 0.492 e. The molecule has 1 amide bonds. The SMILES string of the molecule is CN(C)S(=O)(=O)c1ccc(OCCNC(=O)CN(c2ccc(Cl)cc2Cl)S(=O)(=O)c2ccccc2)cc1. The number of amides is 1. The molecule has 0 aromatic heterocycles. The van der Waals surface area contributed by atoms with Crippen molar-refractivity contribution in [3.05, 3.63) is 82.8 Å². The quantitative estimate of drug-likeness (QED) is 0.344. The number of halogens is 2. The first kappa shape index (κ1) is 28.7. The summed E-state index contributed by atoms with van der Waals surface area (Å²) in [6.07, 6.45) is 0. The van der Waals surface area contributed by atoms with Crippen molar-refractivity contribution < 1.29 is 26.4 Å². The predicted molar refractivity (Wildman–Crippen MR) is 143 cm³/mol. The van der Waals surface area contributed by atoms with Gasteiger partial charge in [0.25, 0.3) is 10.0 Å². The first-order valence-corrected chi connectivity index (χ1v) is 14.5. The number of anilines is 1. The molecule has 9 nitrogen and oxygen atoms in total. The molecular formula is C24H25Cl2N3O6S2. The molecular weight excluding hydrogens is 561 g/mol. The van der Waals surface area contributed by atoms with Crippen LogP contribution in [0.4, 0.5) is 5.69 Å². The fourth-order valence-electron chi connectivity index (χ4n) is 3.17. The smallest absolute Gasteiger partial charge is 0.264 e. The fraction of sp³-hybridized carbons (Fsp3) is 0.208. The van der Waals surface area contributed by atoms with Gasteiger partial charge in [0.1, 0.15) is 18.9 Å². The maximum Gasteiger partial charge on any atom is 0.264 e.